The summed E-state index contributed by atoms with van der Waals surface area (Å²) in [7, 11) is 2.03. The summed E-state index contributed by atoms with van der Waals surface area (Å²) in [4.78, 5) is 0. The molecule has 0 spiro atoms. The quantitative estimate of drug-likeness (QED) is 0.779. The predicted octanol–water partition coefficient (Wildman–Crippen LogP) is 3.07. The number of likely N-dealkylation sites (N-methyl/N-ethyl adjacent to an activating group) is 1. The van der Waals surface area contributed by atoms with Crippen molar-refractivity contribution in [2.24, 2.45) is 17.8 Å². The molecule has 96 valence electrons. The standard InChI is InChI=1S/C14H29NO/c1-10(2)14(15-5)9-16-13-7-11(3)6-12(4)8-13/h10-15H,6-9H2,1-5H3. The highest BCUT2D eigenvalue weighted by Gasteiger charge is 2.25. The van der Waals surface area contributed by atoms with Crippen LogP contribution in [-0.4, -0.2) is 25.8 Å². The third-order valence-corrected chi connectivity index (χ3v) is 3.82. The molecule has 16 heavy (non-hydrogen) atoms. The summed E-state index contributed by atoms with van der Waals surface area (Å²) in [5.41, 5.74) is 0. The van der Waals surface area contributed by atoms with E-state index in [1.54, 1.807) is 0 Å². The van der Waals surface area contributed by atoms with E-state index >= 15 is 0 Å². The van der Waals surface area contributed by atoms with Gasteiger partial charge < -0.3 is 10.1 Å². The zero-order valence-corrected chi connectivity index (χ0v) is 11.6. The summed E-state index contributed by atoms with van der Waals surface area (Å²) in [5.74, 6) is 2.31. The number of rotatable bonds is 5. The zero-order valence-electron chi connectivity index (χ0n) is 11.6. The Labute approximate surface area is 101 Å². The maximum Gasteiger partial charge on any atom is 0.0625 e. The van der Waals surface area contributed by atoms with Crippen molar-refractivity contribution in [2.75, 3.05) is 13.7 Å². The smallest absolute Gasteiger partial charge is 0.0625 e. The number of hydrogen-bond donors (Lipinski definition) is 1. The minimum atomic E-state index is 0.493. The van der Waals surface area contributed by atoms with Crippen LogP contribution in [0, 0.1) is 17.8 Å². The highest BCUT2D eigenvalue weighted by atomic mass is 16.5. The van der Waals surface area contributed by atoms with Crippen molar-refractivity contribution in [3.8, 4) is 0 Å². The van der Waals surface area contributed by atoms with Gasteiger partial charge in [0, 0.05) is 6.04 Å². The molecule has 0 heterocycles. The highest BCUT2D eigenvalue weighted by molar-refractivity contribution is 4.76. The molecule has 1 N–H and O–H groups in total. The molecule has 0 aromatic rings. The second-order valence-corrected chi connectivity index (χ2v) is 6.01. The number of ether oxygens (including phenoxy) is 1. The molecule has 0 aliphatic heterocycles. The van der Waals surface area contributed by atoms with Crippen molar-refractivity contribution in [1.29, 1.82) is 0 Å². The van der Waals surface area contributed by atoms with E-state index in [0.29, 0.717) is 18.1 Å². The Morgan fingerprint density at radius 3 is 2.12 bits per heavy atom. The summed E-state index contributed by atoms with van der Waals surface area (Å²) in [6.07, 6.45) is 4.37. The van der Waals surface area contributed by atoms with E-state index in [1.165, 1.54) is 19.3 Å². The first-order valence-electron chi connectivity index (χ1n) is 6.81. The van der Waals surface area contributed by atoms with Crippen LogP contribution in [0.2, 0.25) is 0 Å². The van der Waals surface area contributed by atoms with Gasteiger partial charge in [0.05, 0.1) is 12.7 Å². The summed E-state index contributed by atoms with van der Waals surface area (Å²) < 4.78 is 6.08. The Morgan fingerprint density at radius 1 is 1.12 bits per heavy atom. The molecule has 3 atom stereocenters. The molecule has 1 aliphatic carbocycles. The van der Waals surface area contributed by atoms with Crippen molar-refractivity contribution in [3.63, 3.8) is 0 Å². The van der Waals surface area contributed by atoms with E-state index in [1.807, 2.05) is 7.05 Å². The number of nitrogens with one attached hydrogen (secondary N) is 1. The van der Waals surface area contributed by atoms with Gasteiger partial charge in [-0.2, -0.15) is 0 Å². The van der Waals surface area contributed by atoms with Crippen LogP contribution in [0.25, 0.3) is 0 Å². The van der Waals surface area contributed by atoms with E-state index in [0.717, 1.165) is 18.4 Å². The van der Waals surface area contributed by atoms with Crippen molar-refractivity contribution < 1.29 is 4.74 Å². The van der Waals surface area contributed by atoms with Crippen LogP contribution in [-0.2, 0) is 4.74 Å². The zero-order chi connectivity index (χ0) is 12.1. The molecule has 1 saturated carbocycles. The minimum Gasteiger partial charge on any atom is -0.377 e. The minimum absolute atomic E-state index is 0.493. The molecule has 0 aromatic carbocycles. The maximum atomic E-state index is 6.08. The lowest BCUT2D eigenvalue weighted by molar-refractivity contribution is -0.0131. The van der Waals surface area contributed by atoms with Gasteiger partial charge in [0.2, 0.25) is 0 Å². The van der Waals surface area contributed by atoms with E-state index in [2.05, 4.69) is 33.0 Å². The lowest BCUT2D eigenvalue weighted by Crippen LogP contribution is -2.38. The van der Waals surface area contributed by atoms with Crippen molar-refractivity contribution in [2.45, 2.75) is 59.1 Å². The van der Waals surface area contributed by atoms with E-state index in [9.17, 15) is 0 Å². The van der Waals surface area contributed by atoms with Crippen molar-refractivity contribution in [3.05, 3.63) is 0 Å². The Bertz CT molecular complexity index is 183. The van der Waals surface area contributed by atoms with Gasteiger partial charge in [0.25, 0.3) is 0 Å². The molecule has 1 aliphatic rings. The van der Waals surface area contributed by atoms with Gasteiger partial charge in [0.15, 0.2) is 0 Å². The molecule has 0 aromatic heterocycles. The largest absolute Gasteiger partial charge is 0.377 e. The van der Waals surface area contributed by atoms with Crippen LogP contribution in [0.15, 0.2) is 0 Å². The molecule has 2 nitrogen and oxygen atoms in total. The fourth-order valence-electron chi connectivity index (χ4n) is 2.86. The van der Waals surface area contributed by atoms with Gasteiger partial charge in [-0.15, -0.1) is 0 Å². The second-order valence-electron chi connectivity index (χ2n) is 6.01. The fourth-order valence-corrected chi connectivity index (χ4v) is 2.86. The Kier molecular flexibility index (Phi) is 5.77. The van der Waals surface area contributed by atoms with Gasteiger partial charge in [0.1, 0.15) is 0 Å². The van der Waals surface area contributed by atoms with Gasteiger partial charge in [-0.25, -0.2) is 0 Å². The monoisotopic (exact) mass is 227 g/mol. The maximum absolute atomic E-state index is 6.08. The van der Waals surface area contributed by atoms with Crippen LogP contribution >= 0.6 is 0 Å². The summed E-state index contributed by atoms with van der Waals surface area (Å²) >= 11 is 0. The number of hydrogen-bond acceptors (Lipinski definition) is 2. The van der Waals surface area contributed by atoms with Gasteiger partial charge in [-0.1, -0.05) is 27.7 Å². The molecule has 0 saturated heterocycles. The Morgan fingerprint density at radius 2 is 1.69 bits per heavy atom. The first-order valence-corrected chi connectivity index (χ1v) is 6.81. The Hall–Kier alpha value is -0.0800. The summed E-state index contributed by atoms with van der Waals surface area (Å²) in [6, 6.07) is 0.493. The topological polar surface area (TPSA) is 21.3 Å². The molecular formula is C14H29NO. The van der Waals surface area contributed by atoms with Crippen LogP contribution in [0.4, 0.5) is 0 Å². The molecule has 1 fully saturated rings. The summed E-state index contributed by atoms with van der Waals surface area (Å²) in [5, 5.41) is 3.34. The normalized spacial score (nSPS) is 33.0. The fraction of sp³-hybridized carbons (Fsp3) is 1.00. The van der Waals surface area contributed by atoms with E-state index in [4.69, 9.17) is 4.74 Å². The molecule has 1 rings (SSSR count). The average Bonchev–Trinajstić information content (AvgIpc) is 2.16. The average molecular weight is 227 g/mol. The highest BCUT2D eigenvalue weighted by Crippen LogP contribution is 2.30. The first-order chi connectivity index (χ1) is 7.52. The first kappa shape index (κ1) is 14.0. The van der Waals surface area contributed by atoms with Crippen LogP contribution in [0.3, 0.4) is 0 Å². The Balaban J connectivity index is 2.30. The van der Waals surface area contributed by atoms with Gasteiger partial charge in [-0.05, 0) is 44.1 Å². The molecule has 2 heteroatoms. The van der Waals surface area contributed by atoms with Crippen LogP contribution in [0.5, 0.6) is 0 Å². The predicted molar refractivity (Wildman–Crippen MR) is 69.6 cm³/mol. The van der Waals surface area contributed by atoms with E-state index in [-0.39, 0.29) is 0 Å². The molecular weight excluding hydrogens is 198 g/mol. The molecule has 0 radical (unpaired) electrons. The third-order valence-electron chi connectivity index (χ3n) is 3.82. The molecule has 0 bridgehead atoms. The van der Waals surface area contributed by atoms with Crippen molar-refractivity contribution in [1.82, 2.24) is 5.32 Å². The molecule has 3 unspecified atom stereocenters. The lowest BCUT2D eigenvalue weighted by atomic mass is 9.82. The van der Waals surface area contributed by atoms with Crippen LogP contribution in [0.1, 0.15) is 47.0 Å². The van der Waals surface area contributed by atoms with Gasteiger partial charge >= 0.3 is 0 Å². The third kappa shape index (κ3) is 4.42. The van der Waals surface area contributed by atoms with Crippen molar-refractivity contribution >= 4 is 0 Å². The lowest BCUT2D eigenvalue weighted by Gasteiger charge is -2.33. The SMILES string of the molecule is CNC(COC1CC(C)CC(C)C1)C(C)C. The van der Waals surface area contributed by atoms with Crippen LogP contribution < -0.4 is 5.32 Å². The summed E-state index contributed by atoms with van der Waals surface area (Å²) in [6.45, 7) is 10.1. The second kappa shape index (κ2) is 6.61. The molecule has 0 amide bonds. The van der Waals surface area contributed by atoms with E-state index < -0.39 is 0 Å². The van der Waals surface area contributed by atoms with Gasteiger partial charge in [-0.3, -0.25) is 0 Å².